The highest BCUT2D eigenvalue weighted by atomic mass is 16.3. The molecule has 0 aromatic carbocycles. The lowest BCUT2D eigenvalue weighted by molar-refractivity contribution is 0.176. The van der Waals surface area contributed by atoms with Crippen LogP contribution in [-0.4, -0.2) is 42.1 Å². The second-order valence-corrected chi connectivity index (χ2v) is 4.19. The lowest BCUT2D eigenvalue weighted by atomic mass is 10.1. The van der Waals surface area contributed by atoms with Gasteiger partial charge in [0.1, 0.15) is 6.17 Å². The minimum Gasteiger partial charge on any atom is -0.395 e. The normalized spacial score (nSPS) is 21.2. The van der Waals surface area contributed by atoms with Crippen molar-refractivity contribution in [3.8, 4) is 0 Å². The van der Waals surface area contributed by atoms with Gasteiger partial charge in [0.15, 0.2) is 0 Å². The molecule has 0 saturated heterocycles. The van der Waals surface area contributed by atoms with E-state index in [1.54, 1.807) is 0 Å². The third-order valence-corrected chi connectivity index (χ3v) is 2.89. The Kier molecular flexibility index (Phi) is 7.10. The molecule has 0 spiro atoms. The topological polar surface area (TPSA) is 35.8 Å². The number of aliphatic hydroxyl groups excluding tert-OH is 1. The fourth-order valence-electron chi connectivity index (χ4n) is 1.99. The molecule has 1 unspecified atom stereocenters. The van der Waals surface area contributed by atoms with Crippen LogP contribution in [0.5, 0.6) is 0 Å². The third kappa shape index (κ3) is 4.90. The number of β-amino-alcohol motifs (C(OH)–C–C–N with tert-alkyl or cyclic N) is 1. The molecule has 0 bridgehead atoms. The standard InChI is InChI=1S/C13H24N2O/c1-2-3-4-5-6-7-8-13-14-9-10-15(13)11-12-16/h3-4,9,13,16H,2,5-8,10-12H2,1H3/b4-3+. The summed E-state index contributed by atoms with van der Waals surface area (Å²) < 4.78 is 0. The van der Waals surface area contributed by atoms with Gasteiger partial charge in [-0.25, -0.2) is 0 Å². The molecule has 1 aliphatic heterocycles. The van der Waals surface area contributed by atoms with Crippen LogP contribution in [0.15, 0.2) is 17.1 Å². The van der Waals surface area contributed by atoms with Crippen molar-refractivity contribution >= 4 is 6.21 Å². The van der Waals surface area contributed by atoms with Gasteiger partial charge in [-0.2, -0.15) is 0 Å². The van der Waals surface area contributed by atoms with Crippen LogP contribution < -0.4 is 0 Å². The van der Waals surface area contributed by atoms with Gasteiger partial charge < -0.3 is 5.11 Å². The van der Waals surface area contributed by atoms with E-state index in [0.29, 0.717) is 6.17 Å². The van der Waals surface area contributed by atoms with E-state index in [-0.39, 0.29) is 6.61 Å². The molecule has 3 nitrogen and oxygen atoms in total. The Morgan fingerprint density at radius 2 is 2.31 bits per heavy atom. The van der Waals surface area contributed by atoms with E-state index < -0.39 is 0 Å². The molecule has 1 rings (SSSR count). The Morgan fingerprint density at radius 1 is 1.44 bits per heavy atom. The number of hydrogen-bond donors (Lipinski definition) is 1. The number of hydrogen-bond acceptors (Lipinski definition) is 3. The highest BCUT2D eigenvalue weighted by Crippen LogP contribution is 2.14. The van der Waals surface area contributed by atoms with Crippen LogP contribution in [0.2, 0.25) is 0 Å². The van der Waals surface area contributed by atoms with Crippen LogP contribution in [0, 0.1) is 0 Å². The number of nitrogens with zero attached hydrogens (tertiary/aromatic N) is 2. The molecule has 0 radical (unpaired) electrons. The number of aliphatic imine (C=N–C) groups is 1. The van der Waals surface area contributed by atoms with Crippen molar-refractivity contribution in [1.82, 2.24) is 4.90 Å². The Bertz CT molecular complexity index is 226. The first-order valence-corrected chi connectivity index (χ1v) is 6.40. The summed E-state index contributed by atoms with van der Waals surface area (Å²) in [6, 6.07) is 0. The molecule has 0 fully saturated rings. The van der Waals surface area contributed by atoms with E-state index in [9.17, 15) is 0 Å². The number of aliphatic hydroxyl groups is 1. The fourth-order valence-corrected chi connectivity index (χ4v) is 1.99. The Hall–Kier alpha value is -0.670. The van der Waals surface area contributed by atoms with Crippen LogP contribution in [0.4, 0.5) is 0 Å². The Morgan fingerprint density at radius 3 is 3.06 bits per heavy atom. The van der Waals surface area contributed by atoms with E-state index in [2.05, 4.69) is 29.0 Å². The average molecular weight is 224 g/mol. The van der Waals surface area contributed by atoms with Crippen molar-refractivity contribution in [3.05, 3.63) is 12.2 Å². The van der Waals surface area contributed by atoms with Crippen LogP contribution >= 0.6 is 0 Å². The molecular weight excluding hydrogens is 200 g/mol. The lowest BCUT2D eigenvalue weighted by Crippen LogP contribution is -2.32. The second kappa shape index (κ2) is 8.48. The van der Waals surface area contributed by atoms with Gasteiger partial charge in [-0.3, -0.25) is 9.89 Å². The van der Waals surface area contributed by atoms with Crippen LogP contribution in [0.1, 0.15) is 39.0 Å². The van der Waals surface area contributed by atoms with Gasteiger partial charge in [0.05, 0.1) is 6.61 Å². The lowest BCUT2D eigenvalue weighted by Gasteiger charge is -2.21. The molecule has 0 amide bonds. The number of unbranched alkanes of at least 4 members (excludes halogenated alkanes) is 2. The maximum absolute atomic E-state index is 8.91. The quantitative estimate of drug-likeness (QED) is 0.507. The summed E-state index contributed by atoms with van der Waals surface area (Å²) >= 11 is 0. The molecule has 92 valence electrons. The van der Waals surface area contributed by atoms with Gasteiger partial charge in [-0.1, -0.05) is 19.1 Å². The monoisotopic (exact) mass is 224 g/mol. The van der Waals surface area contributed by atoms with E-state index in [4.69, 9.17) is 5.11 Å². The maximum Gasteiger partial charge on any atom is 0.102 e. The molecule has 1 aliphatic rings. The van der Waals surface area contributed by atoms with Crippen molar-refractivity contribution in [2.45, 2.75) is 45.2 Å². The summed E-state index contributed by atoms with van der Waals surface area (Å²) in [6.45, 7) is 4.05. The molecule has 1 atom stereocenters. The van der Waals surface area contributed by atoms with Gasteiger partial charge in [0.2, 0.25) is 0 Å². The molecule has 16 heavy (non-hydrogen) atoms. The number of rotatable bonds is 8. The Labute approximate surface area is 98.9 Å². The first kappa shape index (κ1) is 13.4. The van der Waals surface area contributed by atoms with Gasteiger partial charge >= 0.3 is 0 Å². The van der Waals surface area contributed by atoms with E-state index >= 15 is 0 Å². The van der Waals surface area contributed by atoms with E-state index in [0.717, 1.165) is 25.9 Å². The van der Waals surface area contributed by atoms with Gasteiger partial charge in [0, 0.05) is 19.3 Å². The predicted molar refractivity (Wildman–Crippen MR) is 68.8 cm³/mol. The SMILES string of the molecule is CC/C=C/CCCCC1N=CCN1CCO. The van der Waals surface area contributed by atoms with Gasteiger partial charge in [-0.05, 0) is 32.1 Å². The summed E-state index contributed by atoms with van der Waals surface area (Å²) in [7, 11) is 0. The molecule has 0 aromatic heterocycles. The van der Waals surface area contributed by atoms with Crippen molar-refractivity contribution in [3.63, 3.8) is 0 Å². The van der Waals surface area contributed by atoms with Gasteiger partial charge in [-0.15, -0.1) is 0 Å². The zero-order chi connectivity index (χ0) is 11.6. The highest BCUT2D eigenvalue weighted by Gasteiger charge is 2.19. The van der Waals surface area contributed by atoms with Crippen molar-refractivity contribution in [1.29, 1.82) is 0 Å². The molecule has 0 saturated carbocycles. The van der Waals surface area contributed by atoms with Crippen molar-refractivity contribution < 1.29 is 5.11 Å². The maximum atomic E-state index is 8.91. The van der Waals surface area contributed by atoms with Gasteiger partial charge in [0.25, 0.3) is 0 Å². The molecule has 1 N–H and O–H groups in total. The van der Waals surface area contributed by atoms with E-state index in [1.165, 1.54) is 19.3 Å². The number of allylic oxidation sites excluding steroid dienone is 2. The summed E-state index contributed by atoms with van der Waals surface area (Å²) in [5.74, 6) is 0. The minimum absolute atomic E-state index is 0.235. The van der Waals surface area contributed by atoms with Crippen molar-refractivity contribution in [2.24, 2.45) is 4.99 Å². The zero-order valence-corrected chi connectivity index (χ0v) is 10.3. The molecular formula is C13H24N2O. The summed E-state index contributed by atoms with van der Waals surface area (Å²) in [5, 5.41) is 8.91. The average Bonchev–Trinajstić information content (AvgIpc) is 2.72. The first-order valence-electron chi connectivity index (χ1n) is 6.40. The summed E-state index contributed by atoms with van der Waals surface area (Å²) in [5.41, 5.74) is 0. The first-order chi connectivity index (χ1) is 7.88. The summed E-state index contributed by atoms with van der Waals surface area (Å²) in [6.07, 6.45) is 12.7. The van der Waals surface area contributed by atoms with Crippen LogP contribution in [0.3, 0.4) is 0 Å². The van der Waals surface area contributed by atoms with Crippen molar-refractivity contribution in [2.75, 3.05) is 19.7 Å². The largest absolute Gasteiger partial charge is 0.395 e. The Balaban J connectivity index is 2.07. The zero-order valence-electron chi connectivity index (χ0n) is 10.3. The van der Waals surface area contributed by atoms with E-state index in [1.807, 2.05) is 6.21 Å². The molecule has 3 heteroatoms. The molecule has 1 heterocycles. The fraction of sp³-hybridized carbons (Fsp3) is 0.769. The van der Waals surface area contributed by atoms with Crippen LogP contribution in [0.25, 0.3) is 0 Å². The second-order valence-electron chi connectivity index (χ2n) is 4.19. The molecule has 0 aliphatic carbocycles. The smallest absolute Gasteiger partial charge is 0.102 e. The third-order valence-electron chi connectivity index (χ3n) is 2.89. The minimum atomic E-state index is 0.235. The molecule has 0 aromatic rings. The summed E-state index contributed by atoms with van der Waals surface area (Å²) in [4.78, 5) is 6.68. The highest BCUT2D eigenvalue weighted by molar-refractivity contribution is 5.62. The predicted octanol–water partition coefficient (Wildman–Crippen LogP) is 2.22. The van der Waals surface area contributed by atoms with Crippen LogP contribution in [-0.2, 0) is 0 Å².